The Morgan fingerprint density at radius 1 is 1.10 bits per heavy atom. The molecular formula is C21H26BrN5S2. The highest BCUT2D eigenvalue weighted by Crippen LogP contribution is 2.39. The van der Waals surface area contributed by atoms with Gasteiger partial charge in [0.1, 0.15) is 16.5 Å². The number of halogens is 1. The third-order valence-electron chi connectivity index (χ3n) is 6.07. The number of hydrogen-bond donors (Lipinski definition) is 1. The summed E-state index contributed by atoms with van der Waals surface area (Å²) in [6.07, 6.45) is 3.52. The highest BCUT2D eigenvalue weighted by molar-refractivity contribution is 9.11. The predicted octanol–water partition coefficient (Wildman–Crippen LogP) is 4.54. The van der Waals surface area contributed by atoms with Gasteiger partial charge in [-0.25, -0.2) is 9.97 Å². The molecule has 0 spiro atoms. The summed E-state index contributed by atoms with van der Waals surface area (Å²) in [5, 5.41) is 1.13. The smallest absolute Gasteiger partial charge is 0.146 e. The number of nitrogens with zero attached hydrogens (tertiary/aromatic N) is 4. The summed E-state index contributed by atoms with van der Waals surface area (Å²) in [6, 6.07) is 4.35. The average Bonchev–Trinajstić information content (AvgIpc) is 3.25. The number of hydrogen-bond acceptors (Lipinski definition) is 7. The molecule has 3 aromatic rings. The van der Waals surface area contributed by atoms with Gasteiger partial charge in [-0.2, -0.15) is 0 Å². The van der Waals surface area contributed by atoms with Gasteiger partial charge in [-0.15, -0.1) is 22.7 Å². The van der Waals surface area contributed by atoms with Crippen molar-refractivity contribution >= 4 is 54.6 Å². The third kappa shape index (κ3) is 4.23. The zero-order valence-electron chi connectivity index (χ0n) is 16.7. The fourth-order valence-electron chi connectivity index (χ4n) is 4.45. The van der Waals surface area contributed by atoms with Gasteiger partial charge in [0.2, 0.25) is 0 Å². The molecule has 0 bridgehead atoms. The van der Waals surface area contributed by atoms with Crippen LogP contribution < -0.4 is 5.73 Å². The lowest BCUT2D eigenvalue weighted by atomic mass is 9.89. The first-order valence-corrected chi connectivity index (χ1v) is 12.7. The molecule has 29 heavy (non-hydrogen) atoms. The lowest BCUT2D eigenvalue weighted by Crippen LogP contribution is -2.45. The number of thiophene rings is 2. The number of nitrogen functional groups attached to an aromatic ring is 1. The molecule has 1 fully saturated rings. The Kier molecular flexibility index (Phi) is 5.64. The fraction of sp³-hybridized carbons (Fsp3) is 0.524. The van der Waals surface area contributed by atoms with Crippen molar-refractivity contribution in [2.45, 2.75) is 39.3 Å². The van der Waals surface area contributed by atoms with Crippen molar-refractivity contribution in [1.29, 1.82) is 0 Å². The second-order valence-electron chi connectivity index (χ2n) is 8.32. The minimum Gasteiger partial charge on any atom is -0.383 e. The van der Waals surface area contributed by atoms with Crippen molar-refractivity contribution in [3.05, 3.63) is 37.1 Å². The van der Waals surface area contributed by atoms with Crippen molar-refractivity contribution in [3.8, 4) is 0 Å². The molecule has 1 aliphatic carbocycles. The minimum atomic E-state index is 0.680. The van der Waals surface area contributed by atoms with E-state index in [0.717, 1.165) is 74.1 Å². The first kappa shape index (κ1) is 19.9. The average molecular weight is 493 g/mol. The first-order chi connectivity index (χ1) is 14.0. The highest BCUT2D eigenvalue weighted by atomic mass is 79.9. The van der Waals surface area contributed by atoms with Crippen LogP contribution in [0.15, 0.2) is 15.9 Å². The molecule has 2 aliphatic rings. The molecule has 0 radical (unpaired) electrons. The highest BCUT2D eigenvalue weighted by Gasteiger charge is 2.24. The van der Waals surface area contributed by atoms with Crippen LogP contribution in [0.4, 0.5) is 5.82 Å². The number of anilines is 1. The van der Waals surface area contributed by atoms with Crippen molar-refractivity contribution in [2.75, 3.05) is 31.9 Å². The van der Waals surface area contributed by atoms with Crippen LogP contribution in [0.1, 0.15) is 34.5 Å². The summed E-state index contributed by atoms with van der Waals surface area (Å²) in [5.74, 6) is 2.31. The van der Waals surface area contributed by atoms with Crippen molar-refractivity contribution < 1.29 is 0 Å². The van der Waals surface area contributed by atoms with Crippen LogP contribution in [0.25, 0.3) is 10.2 Å². The Hall–Kier alpha value is -1.06. The SMILES string of the molecule is C[C@@H]1CCc2c(sc3nc(CN4CCN(Cc5ccc(Br)s5)CC4)nc(N)c23)C1. The summed E-state index contributed by atoms with van der Waals surface area (Å²) in [4.78, 5) is 18.6. The van der Waals surface area contributed by atoms with E-state index in [1.165, 1.54) is 25.5 Å². The van der Waals surface area contributed by atoms with Gasteiger partial charge in [-0.1, -0.05) is 6.92 Å². The van der Waals surface area contributed by atoms with E-state index in [-0.39, 0.29) is 0 Å². The molecule has 1 saturated heterocycles. The monoisotopic (exact) mass is 491 g/mol. The van der Waals surface area contributed by atoms with Crippen molar-refractivity contribution in [2.24, 2.45) is 5.92 Å². The van der Waals surface area contributed by atoms with Gasteiger partial charge in [-0.3, -0.25) is 9.80 Å². The maximum atomic E-state index is 6.40. The Morgan fingerprint density at radius 3 is 2.59 bits per heavy atom. The number of fused-ring (bicyclic) bond motifs is 3. The molecular weight excluding hydrogens is 466 g/mol. The molecule has 0 amide bonds. The third-order valence-corrected chi connectivity index (χ3v) is 8.82. The van der Waals surface area contributed by atoms with Crippen LogP contribution >= 0.6 is 38.6 Å². The molecule has 0 saturated carbocycles. The minimum absolute atomic E-state index is 0.680. The molecule has 154 valence electrons. The molecule has 5 nitrogen and oxygen atoms in total. The number of aryl methyl sites for hydroxylation is 1. The van der Waals surface area contributed by atoms with E-state index < -0.39 is 0 Å². The van der Waals surface area contributed by atoms with Crippen LogP contribution in [0.3, 0.4) is 0 Å². The van der Waals surface area contributed by atoms with Gasteiger partial charge in [-0.05, 0) is 58.8 Å². The molecule has 0 aromatic carbocycles. The summed E-state index contributed by atoms with van der Waals surface area (Å²) < 4.78 is 1.21. The molecule has 2 N–H and O–H groups in total. The molecule has 1 aliphatic heterocycles. The summed E-state index contributed by atoms with van der Waals surface area (Å²) >= 11 is 7.22. The van der Waals surface area contributed by atoms with E-state index >= 15 is 0 Å². The van der Waals surface area contributed by atoms with Crippen molar-refractivity contribution in [1.82, 2.24) is 19.8 Å². The topological polar surface area (TPSA) is 58.3 Å². The number of piperazine rings is 1. The van der Waals surface area contributed by atoms with Gasteiger partial charge >= 0.3 is 0 Å². The Balaban J connectivity index is 1.25. The summed E-state index contributed by atoms with van der Waals surface area (Å²) in [7, 11) is 0. The van der Waals surface area contributed by atoms with Gasteiger partial charge in [0.15, 0.2) is 0 Å². The zero-order valence-corrected chi connectivity index (χ0v) is 19.9. The molecule has 1 atom stereocenters. The number of rotatable bonds is 4. The molecule has 3 aromatic heterocycles. The fourth-order valence-corrected chi connectivity index (χ4v) is 7.38. The number of nitrogens with two attached hydrogens (primary N) is 1. The molecule has 0 unspecified atom stereocenters. The Morgan fingerprint density at radius 2 is 1.86 bits per heavy atom. The van der Waals surface area contributed by atoms with E-state index in [9.17, 15) is 0 Å². The predicted molar refractivity (Wildman–Crippen MR) is 126 cm³/mol. The van der Waals surface area contributed by atoms with Gasteiger partial charge < -0.3 is 5.73 Å². The Labute approximate surface area is 188 Å². The van der Waals surface area contributed by atoms with Gasteiger partial charge in [0.25, 0.3) is 0 Å². The van der Waals surface area contributed by atoms with Gasteiger partial charge in [0, 0.05) is 42.5 Å². The molecule has 5 rings (SSSR count). The molecule has 4 heterocycles. The van der Waals surface area contributed by atoms with E-state index in [1.807, 2.05) is 22.7 Å². The second-order valence-corrected chi connectivity index (χ2v) is 11.9. The lowest BCUT2D eigenvalue weighted by Gasteiger charge is -2.34. The number of aromatic nitrogens is 2. The second kappa shape index (κ2) is 8.23. The lowest BCUT2D eigenvalue weighted by molar-refractivity contribution is 0.121. The van der Waals surface area contributed by atoms with Crippen LogP contribution in [0, 0.1) is 5.92 Å². The van der Waals surface area contributed by atoms with Crippen molar-refractivity contribution in [3.63, 3.8) is 0 Å². The maximum Gasteiger partial charge on any atom is 0.146 e. The normalized spacial score (nSPS) is 21.0. The largest absolute Gasteiger partial charge is 0.383 e. The van der Waals surface area contributed by atoms with E-state index in [0.29, 0.717) is 5.82 Å². The van der Waals surface area contributed by atoms with E-state index in [1.54, 1.807) is 0 Å². The summed E-state index contributed by atoms with van der Waals surface area (Å²) in [6.45, 7) is 8.43. The maximum absolute atomic E-state index is 6.40. The standard InChI is InChI=1S/C21H26BrN5S2/c1-13-2-4-15-16(10-13)29-21-19(15)20(23)24-18(25-21)12-27-8-6-26(7-9-27)11-14-3-5-17(22)28-14/h3,5,13H,2,4,6-12H2,1H3,(H2,23,24,25)/t13-/m1/s1. The van der Waals surface area contributed by atoms with Crippen LogP contribution in [-0.2, 0) is 25.9 Å². The summed E-state index contributed by atoms with van der Waals surface area (Å²) in [5.41, 5.74) is 7.82. The van der Waals surface area contributed by atoms with E-state index in [4.69, 9.17) is 15.7 Å². The molecule has 8 heteroatoms. The van der Waals surface area contributed by atoms with Gasteiger partial charge in [0.05, 0.1) is 15.7 Å². The first-order valence-electron chi connectivity index (χ1n) is 10.3. The quantitative estimate of drug-likeness (QED) is 0.580. The van der Waals surface area contributed by atoms with Crippen LogP contribution in [0.5, 0.6) is 0 Å². The Bertz CT molecular complexity index is 1020. The van der Waals surface area contributed by atoms with E-state index in [2.05, 4.69) is 44.8 Å². The van der Waals surface area contributed by atoms with Crippen LogP contribution in [-0.4, -0.2) is 45.9 Å². The zero-order chi connectivity index (χ0) is 20.0. The van der Waals surface area contributed by atoms with Crippen LogP contribution in [0.2, 0.25) is 0 Å².